The van der Waals surface area contributed by atoms with E-state index in [1.807, 2.05) is 42.5 Å². The number of anilines is 1. The molecule has 17 heavy (non-hydrogen) atoms. The summed E-state index contributed by atoms with van der Waals surface area (Å²) >= 11 is 3.68. The van der Waals surface area contributed by atoms with E-state index in [4.69, 9.17) is 4.74 Å². The van der Waals surface area contributed by atoms with Gasteiger partial charge in [-0.25, -0.2) is 0 Å². The third-order valence-corrected chi connectivity index (χ3v) is 2.21. The first-order valence-corrected chi connectivity index (χ1v) is 5.52. The lowest BCUT2D eigenvalue weighted by atomic mass is 10.3. The maximum Gasteiger partial charge on any atom is 0.280 e. The summed E-state index contributed by atoms with van der Waals surface area (Å²) in [4.78, 5) is 10.9. The van der Waals surface area contributed by atoms with E-state index in [-0.39, 0.29) is 0 Å². The van der Waals surface area contributed by atoms with Crippen molar-refractivity contribution in [1.82, 2.24) is 0 Å². The number of carbonyl (C=O) groups excluding carboxylic acids is 1. The van der Waals surface area contributed by atoms with Crippen LogP contribution in [-0.4, -0.2) is 5.24 Å². The Morgan fingerprint density at radius 3 is 2.35 bits per heavy atom. The Hall–Kier alpha value is -1.94. The summed E-state index contributed by atoms with van der Waals surface area (Å²) in [6.45, 7) is 0. The zero-order valence-electron chi connectivity index (χ0n) is 8.96. The van der Waals surface area contributed by atoms with Gasteiger partial charge in [-0.15, -0.1) is 0 Å². The Balaban J connectivity index is 2.23. The highest BCUT2D eigenvalue weighted by atomic mass is 32.1. The molecule has 0 saturated heterocycles. The second-order valence-electron chi connectivity index (χ2n) is 3.34. The van der Waals surface area contributed by atoms with E-state index in [9.17, 15) is 4.79 Å². The number of rotatable bonds is 3. The summed E-state index contributed by atoms with van der Waals surface area (Å²) in [5.41, 5.74) is 0.594. The minimum atomic E-state index is -0.422. The molecule has 3 nitrogen and oxygen atoms in total. The summed E-state index contributed by atoms with van der Waals surface area (Å²) in [5, 5.41) is 2.17. The van der Waals surface area contributed by atoms with Crippen LogP contribution in [0, 0.1) is 0 Å². The van der Waals surface area contributed by atoms with Crippen molar-refractivity contribution in [2.75, 3.05) is 5.32 Å². The van der Waals surface area contributed by atoms with Crippen molar-refractivity contribution in [3.63, 3.8) is 0 Å². The number of ether oxygens (including phenoxy) is 1. The van der Waals surface area contributed by atoms with Gasteiger partial charge in [-0.2, -0.15) is 0 Å². The van der Waals surface area contributed by atoms with Crippen molar-refractivity contribution in [1.29, 1.82) is 0 Å². The van der Waals surface area contributed by atoms with E-state index in [1.54, 1.807) is 12.1 Å². The van der Waals surface area contributed by atoms with Gasteiger partial charge in [0.25, 0.3) is 5.24 Å². The average molecular weight is 245 g/mol. The molecule has 0 fully saturated rings. The van der Waals surface area contributed by atoms with Gasteiger partial charge in [0.1, 0.15) is 5.75 Å². The zero-order valence-corrected chi connectivity index (χ0v) is 9.85. The molecule has 2 rings (SSSR count). The van der Waals surface area contributed by atoms with Crippen molar-refractivity contribution in [2.24, 2.45) is 0 Å². The SMILES string of the molecule is O=C(S)Nc1ccccc1Oc1ccccc1. The molecule has 0 heterocycles. The van der Waals surface area contributed by atoms with Gasteiger partial charge in [0.15, 0.2) is 5.75 Å². The summed E-state index contributed by atoms with van der Waals surface area (Å²) in [6, 6.07) is 16.6. The quantitative estimate of drug-likeness (QED) is 0.804. The van der Waals surface area contributed by atoms with Crippen LogP contribution in [0.1, 0.15) is 0 Å². The lowest BCUT2D eigenvalue weighted by Crippen LogP contribution is -2.02. The van der Waals surface area contributed by atoms with E-state index >= 15 is 0 Å². The van der Waals surface area contributed by atoms with Gasteiger partial charge in [0, 0.05) is 0 Å². The Labute approximate surface area is 105 Å². The zero-order chi connectivity index (χ0) is 12.1. The average Bonchev–Trinajstić information content (AvgIpc) is 2.32. The summed E-state index contributed by atoms with van der Waals surface area (Å²) in [7, 11) is 0. The Morgan fingerprint density at radius 1 is 1.00 bits per heavy atom. The van der Waals surface area contributed by atoms with E-state index < -0.39 is 5.24 Å². The normalized spacial score (nSPS) is 9.71. The standard InChI is InChI=1S/C13H11NO2S/c15-13(17)14-11-8-4-5-9-12(11)16-10-6-2-1-3-7-10/h1-9H,(H2,14,15,17). The van der Waals surface area contributed by atoms with Gasteiger partial charge in [-0.1, -0.05) is 43.0 Å². The molecule has 0 spiro atoms. The molecule has 0 atom stereocenters. The lowest BCUT2D eigenvalue weighted by molar-refractivity contribution is 0.270. The number of thiol groups is 1. The molecule has 0 saturated carbocycles. The molecule has 0 aromatic heterocycles. The van der Waals surface area contributed by atoms with Crippen LogP contribution in [0.25, 0.3) is 0 Å². The molecule has 0 unspecified atom stereocenters. The Kier molecular flexibility index (Phi) is 3.67. The fraction of sp³-hybridized carbons (Fsp3) is 0. The van der Waals surface area contributed by atoms with E-state index in [0.29, 0.717) is 17.2 Å². The number of nitrogens with one attached hydrogen (secondary N) is 1. The Bertz CT molecular complexity index is 514. The van der Waals surface area contributed by atoms with Crippen molar-refractivity contribution >= 4 is 23.6 Å². The molecule has 0 bridgehead atoms. The summed E-state index contributed by atoms with van der Waals surface area (Å²) < 4.78 is 5.66. The predicted octanol–water partition coefficient (Wildman–Crippen LogP) is 3.94. The first-order valence-electron chi connectivity index (χ1n) is 5.07. The van der Waals surface area contributed by atoms with Crippen LogP contribution in [-0.2, 0) is 0 Å². The van der Waals surface area contributed by atoms with E-state index in [0.717, 1.165) is 0 Å². The van der Waals surface area contributed by atoms with Gasteiger partial charge in [-0.05, 0) is 24.3 Å². The van der Waals surface area contributed by atoms with E-state index in [1.165, 1.54) is 0 Å². The molecule has 1 amide bonds. The number of para-hydroxylation sites is 3. The van der Waals surface area contributed by atoms with Crippen LogP contribution in [0.15, 0.2) is 54.6 Å². The first-order chi connectivity index (χ1) is 8.25. The lowest BCUT2D eigenvalue weighted by Gasteiger charge is -2.10. The van der Waals surface area contributed by atoms with Gasteiger partial charge in [0.05, 0.1) is 5.69 Å². The van der Waals surface area contributed by atoms with Crippen molar-refractivity contribution in [3.8, 4) is 11.5 Å². The van der Waals surface area contributed by atoms with Gasteiger partial charge >= 0.3 is 0 Å². The molecule has 4 heteroatoms. The molecular formula is C13H11NO2S. The number of carbonyl (C=O) groups is 1. The highest BCUT2D eigenvalue weighted by Crippen LogP contribution is 2.29. The minimum absolute atomic E-state index is 0.422. The maximum atomic E-state index is 10.9. The maximum absolute atomic E-state index is 10.9. The van der Waals surface area contributed by atoms with Crippen molar-refractivity contribution in [3.05, 3.63) is 54.6 Å². The molecular weight excluding hydrogens is 234 g/mol. The van der Waals surface area contributed by atoms with Crippen LogP contribution in [0.2, 0.25) is 0 Å². The highest BCUT2D eigenvalue weighted by molar-refractivity contribution is 7.96. The molecule has 0 aliphatic carbocycles. The van der Waals surface area contributed by atoms with Crippen LogP contribution >= 0.6 is 12.6 Å². The minimum Gasteiger partial charge on any atom is -0.455 e. The number of amides is 1. The summed E-state index contributed by atoms with van der Waals surface area (Å²) in [5.74, 6) is 1.30. The second-order valence-corrected chi connectivity index (χ2v) is 3.75. The third-order valence-electron chi connectivity index (χ3n) is 2.10. The van der Waals surface area contributed by atoms with Crippen LogP contribution in [0.5, 0.6) is 11.5 Å². The number of hydrogen-bond acceptors (Lipinski definition) is 2. The number of hydrogen-bond donors (Lipinski definition) is 2. The molecule has 86 valence electrons. The first kappa shape index (κ1) is 11.5. The monoisotopic (exact) mass is 245 g/mol. The van der Waals surface area contributed by atoms with Gasteiger partial charge < -0.3 is 10.1 Å². The fourth-order valence-corrected chi connectivity index (χ4v) is 1.51. The topological polar surface area (TPSA) is 38.3 Å². The van der Waals surface area contributed by atoms with Crippen molar-refractivity contribution in [2.45, 2.75) is 0 Å². The van der Waals surface area contributed by atoms with Crippen LogP contribution in [0.3, 0.4) is 0 Å². The number of benzene rings is 2. The molecule has 2 aromatic carbocycles. The summed E-state index contributed by atoms with van der Waals surface area (Å²) in [6.07, 6.45) is 0. The predicted molar refractivity (Wildman–Crippen MR) is 71.0 cm³/mol. The smallest absolute Gasteiger partial charge is 0.280 e. The van der Waals surface area contributed by atoms with Crippen molar-refractivity contribution < 1.29 is 9.53 Å². The van der Waals surface area contributed by atoms with Crippen LogP contribution in [0.4, 0.5) is 10.5 Å². The molecule has 2 aromatic rings. The molecule has 0 aliphatic heterocycles. The van der Waals surface area contributed by atoms with Gasteiger partial charge in [-0.3, -0.25) is 4.79 Å². The van der Waals surface area contributed by atoms with Crippen LogP contribution < -0.4 is 10.1 Å². The second kappa shape index (κ2) is 5.41. The molecule has 0 radical (unpaired) electrons. The Morgan fingerprint density at radius 2 is 1.65 bits per heavy atom. The third kappa shape index (κ3) is 3.26. The largest absolute Gasteiger partial charge is 0.455 e. The fourth-order valence-electron chi connectivity index (χ4n) is 1.39. The van der Waals surface area contributed by atoms with Gasteiger partial charge in [0.2, 0.25) is 0 Å². The van der Waals surface area contributed by atoms with E-state index in [2.05, 4.69) is 17.9 Å². The molecule has 1 N–H and O–H groups in total. The molecule has 0 aliphatic rings. The highest BCUT2D eigenvalue weighted by Gasteiger charge is 2.05.